The molecule has 0 aliphatic heterocycles. The zero-order valence-electron chi connectivity index (χ0n) is 29.9. The number of benzene rings is 2. The number of hydrogen-bond acceptors (Lipinski definition) is 8. The molecule has 4 aromatic heterocycles. The Morgan fingerprint density at radius 1 is 1.09 bits per heavy atom. The van der Waals surface area contributed by atoms with E-state index in [0.717, 1.165) is 23.0 Å². The maximum absolute atomic E-state index is 15.4. The van der Waals surface area contributed by atoms with Gasteiger partial charge < -0.3 is 5.32 Å². The summed E-state index contributed by atoms with van der Waals surface area (Å²) in [6.45, 7) is 2.49. The average Bonchev–Trinajstić information content (AvgIpc) is 3.61. The molecular weight excluding hydrogens is 804 g/mol. The minimum absolute atomic E-state index is 0.00255. The number of nitrogens with one attached hydrogen (secondary N) is 2. The lowest BCUT2D eigenvalue weighted by Crippen LogP contribution is -2.38. The van der Waals surface area contributed by atoms with Crippen LogP contribution in [0, 0.1) is 17.6 Å². The molecular formula is C36H30ClF6N9O4S. The molecule has 8 rings (SSSR count). The third-order valence-corrected chi connectivity index (χ3v) is 10.8. The zero-order chi connectivity index (χ0) is 40.9. The smallest absolute Gasteiger partial charge is 0.293 e. The Labute approximate surface area is 323 Å². The van der Waals surface area contributed by atoms with Crippen LogP contribution >= 0.6 is 11.6 Å². The Morgan fingerprint density at radius 2 is 1.81 bits per heavy atom. The molecule has 2 N–H and O–H groups in total. The van der Waals surface area contributed by atoms with E-state index in [4.69, 9.17) is 11.6 Å². The molecule has 13 nitrogen and oxygen atoms in total. The minimum Gasteiger partial charge on any atom is -0.344 e. The molecule has 2 aromatic carbocycles. The molecule has 0 saturated heterocycles. The Morgan fingerprint density at radius 3 is 2.47 bits per heavy atom. The van der Waals surface area contributed by atoms with E-state index in [-0.39, 0.29) is 61.8 Å². The molecule has 4 heterocycles. The van der Waals surface area contributed by atoms with Crippen LogP contribution in [0.15, 0.2) is 53.5 Å². The van der Waals surface area contributed by atoms with E-state index in [1.807, 2.05) is 0 Å². The highest BCUT2D eigenvalue weighted by Gasteiger charge is 2.67. The molecule has 0 unspecified atom stereocenters. The molecule has 0 bridgehead atoms. The molecule has 1 amide bonds. The first-order chi connectivity index (χ1) is 26.8. The van der Waals surface area contributed by atoms with Gasteiger partial charge in [0.15, 0.2) is 11.5 Å². The molecule has 1 saturated carbocycles. The topological polar surface area (TPSA) is 159 Å². The third-order valence-electron chi connectivity index (χ3n) is 9.93. The average molecular weight is 834 g/mol. The highest BCUT2D eigenvalue weighted by molar-refractivity contribution is 7.92. The fourth-order valence-corrected chi connectivity index (χ4v) is 8.39. The number of anilines is 1. The first-order valence-electron chi connectivity index (χ1n) is 17.4. The number of carbonyl (C=O) groups excluding carboxylic acids is 1. The maximum Gasteiger partial charge on any atom is 0.293 e. The van der Waals surface area contributed by atoms with E-state index in [2.05, 4.69) is 30.2 Å². The number of carbonyl (C=O) groups is 1. The van der Waals surface area contributed by atoms with E-state index >= 15 is 8.78 Å². The van der Waals surface area contributed by atoms with Gasteiger partial charge >= 0.3 is 0 Å². The number of halogens is 7. The number of nitrogens with zero attached hydrogens (tertiary/aromatic N) is 7. The largest absolute Gasteiger partial charge is 0.344 e. The summed E-state index contributed by atoms with van der Waals surface area (Å²) in [6.07, 6.45) is -1.39. The molecule has 2 aliphatic carbocycles. The van der Waals surface area contributed by atoms with Crippen molar-refractivity contribution in [1.29, 1.82) is 0 Å². The molecule has 6 aromatic rings. The normalized spacial score (nSPS) is 17.7. The Bertz CT molecular complexity index is 2810. The van der Waals surface area contributed by atoms with Crippen LogP contribution in [-0.2, 0) is 33.7 Å². The number of sulfonamides is 1. The molecule has 298 valence electrons. The number of fused-ring (bicyclic) bond motifs is 5. The highest BCUT2D eigenvalue weighted by atomic mass is 35.5. The number of pyridine rings is 1. The van der Waals surface area contributed by atoms with Crippen molar-refractivity contribution in [2.75, 3.05) is 11.0 Å². The SMILES string of the molecule is CC(C)n1nc(NS(C)(=O)=O)c2c(Cl)ccc(-n3c([C@H](Cc4cc(F)cc(F)c4)NC(=O)Cn4nc(C(F)F)c5c4C(F)(F)[C@@H]4C[C@H]54)nc4ncccc4c3=O)c21. The van der Waals surface area contributed by atoms with Gasteiger partial charge in [0.25, 0.3) is 17.9 Å². The van der Waals surface area contributed by atoms with Crippen LogP contribution in [-0.4, -0.2) is 54.7 Å². The van der Waals surface area contributed by atoms with Gasteiger partial charge in [0.05, 0.1) is 39.3 Å². The number of hydrogen-bond donors (Lipinski definition) is 2. The van der Waals surface area contributed by atoms with Gasteiger partial charge in [0.2, 0.25) is 15.9 Å². The summed E-state index contributed by atoms with van der Waals surface area (Å²) in [5.74, 6) is -8.98. The van der Waals surface area contributed by atoms with Gasteiger partial charge in [0.1, 0.15) is 35.4 Å². The van der Waals surface area contributed by atoms with Crippen LogP contribution in [0.4, 0.5) is 32.2 Å². The van der Waals surface area contributed by atoms with E-state index in [9.17, 15) is 35.6 Å². The molecule has 2 aliphatic rings. The van der Waals surface area contributed by atoms with Gasteiger partial charge in [-0.2, -0.15) is 19.0 Å². The summed E-state index contributed by atoms with van der Waals surface area (Å²) in [6, 6.07) is 6.31. The van der Waals surface area contributed by atoms with Crippen LogP contribution in [0.25, 0.3) is 27.6 Å². The minimum atomic E-state index is -3.91. The molecule has 1 fully saturated rings. The molecule has 3 atom stereocenters. The molecule has 0 radical (unpaired) electrons. The lowest BCUT2D eigenvalue weighted by atomic mass is 10.0. The summed E-state index contributed by atoms with van der Waals surface area (Å²) >= 11 is 6.64. The van der Waals surface area contributed by atoms with Crippen molar-refractivity contribution < 1.29 is 39.6 Å². The molecule has 0 spiro atoms. The van der Waals surface area contributed by atoms with Crippen molar-refractivity contribution in [3.05, 3.63) is 104 Å². The number of alkyl halides is 4. The van der Waals surface area contributed by atoms with Crippen LogP contribution in [0.2, 0.25) is 5.02 Å². The predicted octanol–water partition coefficient (Wildman–Crippen LogP) is 6.46. The molecule has 57 heavy (non-hydrogen) atoms. The Balaban J connectivity index is 1.33. The van der Waals surface area contributed by atoms with Gasteiger partial charge in [-0.3, -0.25) is 28.2 Å². The van der Waals surface area contributed by atoms with Crippen LogP contribution < -0.4 is 15.6 Å². The van der Waals surface area contributed by atoms with Crippen molar-refractivity contribution in [2.45, 2.75) is 63.6 Å². The number of aromatic nitrogens is 7. The van der Waals surface area contributed by atoms with Crippen LogP contribution in [0.1, 0.15) is 73.0 Å². The summed E-state index contributed by atoms with van der Waals surface area (Å²) in [5, 5.41) is 10.9. The number of rotatable bonds is 11. The van der Waals surface area contributed by atoms with Crippen molar-refractivity contribution in [2.24, 2.45) is 5.92 Å². The second kappa shape index (κ2) is 13.6. The summed E-state index contributed by atoms with van der Waals surface area (Å²) in [4.78, 5) is 37.5. The van der Waals surface area contributed by atoms with Crippen molar-refractivity contribution in [3.63, 3.8) is 0 Å². The second-order valence-electron chi connectivity index (χ2n) is 14.3. The first kappa shape index (κ1) is 38.4. The first-order valence-corrected chi connectivity index (χ1v) is 19.7. The molecule has 21 heteroatoms. The van der Waals surface area contributed by atoms with Gasteiger partial charge in [0, 0.05) is 36.2 Å². The number of amides is 1. The second-order valence-corrected chi connectivity index (χ2v) is 16.5. The fourth-order valence-electron chi connectivity index (χ4n) is 7.65. The quantitative estimate of drug-likeness (QED) is 0.141. The summed E-state index contributed by atoms with van der Waals surface area (Å²) in [7, 11) is -3.91. The fraction of sp³-hybridized carbons (Fsp3) is 0.333. The van der Waals surface area contributed by atoms with E-state index in [0.29, 0.717) is 10.7 Å². The van der Waals surface area contributed by atoms with Gasteiger partial charge in [-0.15, -0.1) is 0 Å². The van der Waals surface area contributed by atoms with E-state index in [1.54, 1.807) is 13.8 Å². The summed E-state index contributed by atoms with van der Waals surface area (Å²) < 4.78 is 118. The monoisotopic (exact) mass is 833 g/mol. The van der Waals surface area contributed by atoms with Gasteiger partial charge in [-0.05, 0) is 68.1 Å². The van der Waals surface area contributed by atoms with Crippen molar-refractivity contribution in [1.82, 2.24) is 39.4 Å². The lowest BCUT2D eigenvalue weighted by molar-refractivity contribution is -0.123. The third kappa shape index (κ3) is 6.67. The van der Waals surface area contributed by atoms with Crippen molar-refractivity contribution in [3.8, 4) is 5.69 Å². The van der Waals surface area contributed by atoms with E-state index < -0.39 is 93.7 Å². The van der Waals surface area contributed by atoms with Gasteiger partial charge in [-0.25, -0.2) is 35.9 Å². The highest BCUT2D eigenvalue weighted by Crippen LogP contribution is 2.68. The predicted molar refractivity (Wildman–Crippen MR) is 195 cm³/mol. The van der Waals surface area contributed by atoms with Crippen LogP contribution in [0.5, 0.6) is 0 Å². The van der Waals surface area contributed by atoms with Crippen molar-refractivity contribution >= 4 is 55.3 Å². The van der Waals surface area contributed by atoms with Crippen LogP contribution in [0.3, 0.4) is 0 Å². The summed E-state index contributed by atoms with van der Waals surface area (Å²) in [5.41, 5.74) is -2.62. The van der Waals surface area contributed by atoms with E-state index in [1.165, 1.54) is 35.1 Å². The maximum atomic E-state index is 15.4. The van der Waals surface area contributed by atoms with Gasteiger partial charge in [-0.1, -0.05) is 11.6 Å². The zero-order valence-corrected chi connectivity index (χ0v) is 31.5. The lowest BCUT2D eigenvalue weighted by Gasteiger charge is -2.24. The Kier molecular flexibility index (Phi) is 9.13. The standard InChI is InChI=1S/C36H30ClF6N9O4S/c1-15(2)52-29-24(7-6-22(37)27(29)33(48-52)49-57(3,55)56)51-34(46-32-19(35(51)54)5-4-8-44-32)23(11-16-9-17(38)12-18(39)10-16)45-25(53)14-50-30-26(28(47-50)31(40)41)20-13-21(20)36(30,42)43/h4-10,12,15,20-21,23,31H,11,13-14H2,1-3H3,(H,45,53)(H,48,49)/t20-,21+,23-/m0/s1. The Hall–Kier alpha value is -5.50.